The molecule has 0 radical (unpaired) electrons. The molecule has 0 aliphatic carbocycles. The zero-order valence-corrected chi connectivity index (χ0v) is 14.9. The first-order valence-corrected chi connectivity index (χ1v) is 9.35. The van der Waals surface area contributed by atoms with Gasteiger partial charge in [0.15, 0.2) is 0 Å². The summed E-state index contributed by atoms with van der Waals surface area (Å²) < 4.78 is 11.1. The van der Waals surface area contributed by atoms with E-state index in [1.807, 2.05) is 30.3 Å². The molecule has 0 spiro atoms. The number of para-hydroxylation sites is 1. The van der Waals surface area contributed by atoms with E-state index in [-0.39, 0.29) is 11.9 Å². The molecule has 1 aromatic carbocycles. The van der Waals surface area contributed by atoms with E-state index in [1.54, 1.807) is 6.07 Å². The zero-order chi connectivity index (χ0) is 17.8. The molecule has 2 saturated heterocycles. The van der Waals surface area contributed by atoms with Gasteiger partial charge in [-0.1, -0.05) is 24.3 Å². The second-order valence-electron chi connectivity index (χ2n) is 6.94. The third-order valence-corrected chi connectivity index (χ3v) is 5.33. The molecule has 6 heteroatoms. The fraction of sp³-hybridized carbons (Fsp3) is 0.500. The van der Waals surface area contributed by atoms with Crippen molar-refractivity contribution in [2.75, 3.05) is 46.1 Å². The maximum atomic E-state index is 12.6. The number of benzene rings is 1. The smallest absolute Gasteiger partial charge is 0.269 e. The topological polar surface area (TPSA) is 63.7 Å². The van der Waals surface area contributed by atoms with Crippen molar-refractivity contribution in [2.45, 2.75) is 12.5 Å². The molecule has 2 aromatic rings. The van der Waals surface area contributed by atoms with Gasteiger partial charge in [0.1, 0.15) is 5.69 Å². The highest BCUT2D eigenvalue weighted by molar-refractivity contribution is 5.94. The summed E-state index contributed by atoms with van der Waals surface area (Å²) in [5.41, 5.74) is 1.31. The van der Waals surface area contributed by atoms with Crippen molar-refractivity contribution in [2.24, 2.45) is 5.92 Å². The number of hydrogen-bond donors (Lipinski definition) is 1. The van der Waals surface area contributed by atoms with E-state index in [4.69, 9.17) is 9.47 Å². The first-order valence-electron chi connectivity index (χ1n) is 9.35. The lowest BCUT2D eigenvalue weighted by atomic mass is 9.97. The highest BCUT2D eigenvalue weighted by Crippen LogP contribution is 2.22. The van der Waals surface area contributed by atoms with E-state index < -0.39 is 0 Å². The lowest BCUT2D eigenvalue weighted by molar-refractivity contribution is 0.00165. The summed E-state index contributed by atoms with van der Waals surface area (Å²) in [4.78, 5) is 19.6. The molecule has 2 aliphatic heterocycles. The molecule has 3 heterocycles. The number of morpholine rings is 1. The Kier molecular flexibility index (Phi) is 5.43. The first kappa shape index (κ1) is 17.4. The Labute approximate surface area is 153 Å². The number of pyridine rings is 1. The van der Waals surface area contributed by atoms with Crippen molar-refractivity contribution in [1.82, 2.24) is 15.2 Å². The number of hydrogen-bond acceptors (Lipinski definition) is 5. The van der Waals surface area contributed by atoms with Gasteiger partial charge >= 0.3 is 0 Å². The number of amides is 1. The van der Waals surface area contributed by atoms with Gasteiger partial charge in [0.2, 0.25) is 0 Å². The number of aromatic nitrogens is 1. The molecule has 2 atom stereocenters. The van der Waals surface area contributed by atoms with Crippen molar-refractivity contribution < 1.29 is 14.3 Å². The molecule has 0 saturated carbocycles. The van der Waals surface area contributed by atoms with Crippen LogP contribution < -0.4 is 5.32 Å². The average Bonchev–Trinajstić information content (AvgIpc) is 3.23. The Bertz CT molecular complexity index is 755. The molecule has 6 nitrogen and oxygen atoms in total. The van der Waals surface area contributed by atoms with Gasteiger partial charge in [-0.25, -0.2) is 4.98 Å². The van der Waals surface area contributed by atoms with Gasteiger partial charge in [0.05, 0.1) is 25.3 Å². The van der Waals surface area contributed by atoms with Crippen LogP contribution in [0.1, 0.15) is 16.9 Å². The zero-order valence-electron chi connectivity index (χ0n) is 14.9. The Morgan fingerprint density at radius 1 is 1.15 bits per heavy atom. The van der Waals surface area contributed by atoms with Gasteiger partial charge in [0.25, 0.3) is 5.91 Å². The van der Waals surface area contributed by atoms with Crippen LogP contribution in [0, 0.1) is 5.92 Å². The maximum Gasteiger partial charge on any atom is 0.269 e. The molecule has 0 bridgehead atoms. The molecule has 4 rings (SSSR count). The van der Waals surface area contributed by atoms with Gasteiger partial charge < -0.3 is 14.8 Å². The fourth-order valence-corrected chi connectivity index (χ4v) is 3.84. The molecule has 138 valence electrons. The third-order valence-electron chi connectivity index (χ3n) is 5.33. The molecule has 2 fully saturated rings. The van der Waals surface area contributed by atoms with Crippen LogP contribution in [0.25, 0.3) is 10.9 Å². The van der Waals surface area contributed by atoms with Crippen LogP contribution in [-0.4, -0.2) is 67.9 Å². The summed E-state index contributed by atoms with van der Waals surface area (Å²) in [6.07, 6.45) is 1.05. The number of rotatable bonds is 5. The monoisotopic (exact) mass is 355 g/mol. The minimum atomic E-state index is -0.118. The number of carbonyl (C=O) groups excluding carboxylic acids is 1. The molecule has 1 aromatic heterocycles. The molecule has 1 amide bonds. The number of ether oxygens (including phenoxy) is 2. The summed E-state index contributed by atoms with van der Waals surface area (Å²) in [5, 5.41) is 4.14. The van der Waals surface area contributed by atoms with E-state index >= 15 is 0 Å². The van der Waals surface area contributed by atoms with Crippen molar-refractivity contribution in [1.29, 1.82) is 0 Å². The lowest BCUT2D eigenvalue weighted by Gasteiger charge is -2.37. The summed E-state index contributed by atoms with van der Waals surface area (Å²) in [6.45, 7) is 5.52. The van der Waals surface area contributed by atoms with E-state index in [0.29, 0.717) is 18.2 Å². The average molecular weight is 355 g/mol. The van der Waals surface area contributed by atoms with Crippen LogP contribution in [0.15, 0.2) is 36.4 Å². The van der Waals surface area contributed by atoms with Crippen molar-refractivity contribution in [3.05, 3.63) is 42.1 Å². The van der Waals surface area contributed by atoms with Gasteiger partial charge in [-0.15, -0.1) is 0 Å². The van der Waals surface area contributed by atoms with Crippen LogP contribution in [-0.2, 0) is 9.47 Å². The van der Waals surface area contributed by atoms with E-state index in [1.165, 1.54) is 0 Å². The molecular weight excluding hydrogens is 330 g/mol. The highest BCUT2D eigenvalue weighted by Gasteiger charge is 2.31. The number of nitrogens with zero attached hydrogens (tertiary/aromatic N) is 2. The standard InChI is InChI=1S/C20H25N3O3/c24-20(18-6-5-15-3-1-2-4-17(15)22-18)21-13-19(16-7-10-26-14-16)23-8-11-25-12-9-23/h1-6,16,19H,7-14H2,(H,21,24). The Balaban J connectivity index is 1.44. The SMILES string of the molecule is O=C(NCC(C1CCOC1)N1CCOCC1)c1ccc2ccccc2n1. The minimum absolute atomic E-state index is 0.118. The second kappa shape index (κ2) is 8.12. The third kappa shape index (κ3) is 3.87. The van der Waals surface area contributed by atoms with Crippen molar-refractivity contribution >= 4 is 16.8 Å². The van der Waals surface area contributed by atoms with Gasteiger partial charge in [0, 0.05) is 43.6 Å². The van der Waals surface area contributed by atoms with Crippen LogP contribution >= 0.6 is 0 Å². The molecule has 2 aliphatic rings. The van der Waals surface area contributed by atoms with Gasteiger partial charge in [-0.2, -0.15) is 0 Å². The van der Waals surface area contributed by atoms with E-state index in [0.717, 1.165) is 56.8 Å². The largest absolute Gasteiger partial charge is 0.381 e. The number of fused-ring (bicyclic) bond motifs is 1. The van der Waals surface area contributed by atoms with E-state index in [9.17, 15) is 4.79 Å². The van der Waals surface area contributed by atoms with Crippen LogP contribution in [0.3, 0.4) is 0 Å². The van der Waals surface area contributed by atoms with Crippen LogP contribution in [0.4, 0.5) is 0 Å². The van der Waals surface area contributed by atoms with Crippen molar-refractivity contribution in [3.63, 3.8) is 0 Å². The van der Waals surface area contributed by atoms with E-state index in [2.05, 4.69) is 15.2 Å². The molecule has 2 unspecified atom stereocenters. The quantitative estimate of drug-likeness (QED) is 0.885. The van der Waals surface area contributed by atoms with Gasteiger partial charge in [-0.05, 0) is 18.6 Å². The van der Waals surface area contributed by atoms with Gasteiger partial charge in [-0.3, -0.25) is 9.69 Å². The van der Waals surface area contributed by atoms with Crippen molar-refractivity contribution in [3.8, 4) is 0 Å². The minimum Gasteiger partial charge on any atom is -0.381 e. The Hall–Kier alpha value is -2.02. The number of nitrogens with one attached hydrogen (secondary N) is 1. The van der Waals surface area contributed by atoms with Crippen LogP contribution in [0.2, 0.25) is 0 Å². The summed E-state index contributed by atoms with van der Waals surface area (Å²) >= 11 is 0. The summed E-state index contributed by atoms with van der Waals surface area (Å²) in [7, 11) is 0. The maximum absolute atomic E-state index is 12.6. The lowest BCUT2D eigenvalue weighted by Crippen LogP contribution is -2.52. The summed E-state index contributed by atoms with van der Waals surface area (Å²) in [5.74, 6) is 0.339. The second-order valence-corrected chi connectivity index (χ2v) is 6.94. The normalized spacial score (nSPS) is 22.4. The molecular formula is C20H25N3O3. The number of carbonyl (C=O) groups is 1. The highest BCUT2D eigenvalue weighted by atomic mass is 16.5. The predicted octanol–water partition coefficient (Wildman–Crippen LogP) is 1.70. The van der Waals surface area contributed by atoms with Crippen LogP contribution in [0.5, 0.6) is 0 Å². The first-order chi connectivity index (χ1) is 12.8. The fourth-order valence-electron chi connectivity index (χ4n) is 3.84. The Morgan fingerprint density at radius 2 is 2.00 bits per heavy atom. The summed E-state index contributed by atoms with van der Waals surface area (Å²) in [6, 6.07) is 11.9. The molecule has 26 heavy (non-hydrogen) atoms. The predicted molar refractivity (Wildman–Crippen MR) is 99.2 cm³/mol. The molecule has 1 N–H and O–H groups in total. The Morgan fingerprint density at radius 3 is 2.81 bits per heavy atom.